The molecule has 0 unspecified atom stereocenters. The SMILES string of the molecule is CCN(CC)c1cc(-c2ccccc2)nc(Nc2cccc3cccnc23)n1. The second-order valence-corrected chi connectivity index (χ2v) is 6.48. The van der Waals surface area contributed by atoms with Gasteiger partial charge in [0.15, 0.2) is 0 Å². The molecule has 5 nitrogen and oxygen atoms in total. The van der Waals surface area contributed by atoms with Crippen LogP contribution < -0.4 is 10.2 Å². The van der Waals surface area contributed by atoms with Crippen molar-refractivity contribution in [3.05, 3.63) is 72.9 Å². The first kappa shape index (κ1) is 17.9. The van der Waals surface area contributed by atoms with Gasteiger partial charge in [0, 0.05) is 36.3 Å². The lowest BCUT2D eigenvalue weighted by Crippen LogP contribution is -2.23. The molecule has 2 aromatic carbocycles. The molecule has 4 rings (SSSR count). The summed E-state index contributed by atoms with van der Waals surface area (Å²) in [6, 6.07) is 22.3. The summed E-state index contributed by atoms with van der Waals surface area (Å²) in [5, 5.41) is 4.47. The van der Waals surface area contributed by atoms with Gasteiger partial charge < -0.3 is 10.2 Å². The van der Waals surface area contributed by atoms with Gasteiger partial charge in [0.2, 0.25) is 5.95 Å². The molecule has 2 aromatic heterocycles. The van der Waals surface area contributed by atoms with Crippen molar-refractivity contribution in [3.63, 3.8) is 0 Å². The highest BCUT2D eigenvalue weighted by atomic mass is 15.2. The Kier molecular flexibility index (Phi) is 5.15. The van der Waals surface area contributed by atoms with Crippen LogP contribution in [0.3, 0.4) is 0 Å². The third-order valence-corrected chi connectivity index (χ3v) is 4.75. The van der Waals surface area contributed by atoms with Crippen molar-refractivity contribution in [3.8, 4) is 11.3 Å². The number of hydrogen-bond donors (Lipinski definition) is 1. The number of pyridine rings is 1. The van der Waals surface area contributed by atoms with Crippen LogP contribution in [0.15, 0.2) is 72.9 Å². The van der Waals surface area contributed by atoms with E-state index in [1.165, 1.54) is 0 Å². The molecule has 0 bridgehead atoms. The summed E-state index contributed by atoms with van der Waals surface area (Å²) in [6.07, 6.45) is 1.80. The largest absolute Gasteiger partial charge is 0.357 e. The Bertz CT molecular complexity index is 1070. The summed E-state index contributed by atoms with van der Waals surface area (Å²) in [7, 11) is 0. The molecule has 0 atom stereocenters. The topological polar surface area (TPSA) is 53.9 Å². The van der Waals surface area contributed by atoms with Gasteiger partial charge in [-0.05, 0) is 26.0 Å². The summed E-state index contributed by atoms with van der Waals surface area (Å²) < 4.78 is 0. The summed E-state index contributed by atoms with van der Waals surface area (Å²) in [5.41, 5.74) is 3.77. The highest BCUT2D eigenvalue weighted by Gasteiger charge is 2.12. The molecule has 0 fully saturated rings. The number of benzene rings is 2. The quantitative estimate of drug-likeness (QED) is 0.501. The van der Waals surface area contributed by atoms with E-state index in [0.29, 0.717) is 5.95 Å². The molecule has 0 saturated heterocycles. The van der Waals surface area contributed by atoms with Crippen LogP contribution in [0.2, 0.25) is 0 Å². The molecule has 5 heteroatoms. The fraction of sp³-hybridized carbons (Fsp3) is 0.174. The fourth-order valence-corrected chi connectivity index (χ4v) is 3.28. The molecular weight excluding hydrogens is 346 g/mol. The Morgan fingerprint density at radius 2 is 1.64 bits per heavy atom. The lowest BCUT2D eigenvalue weighted by molar-refractivity contribution is 0.843. The predicted molar refractivity (Wildman–Crippen MR) is 116 cm³/mol. The minimum absolute atomic E-state index is 0.571. The van der Waals surface area contributed by atoms with Gasteiger partial charge in [-0.15, -0.1) is 0 Å². The summed E-state index contributed by atoms with van der Waals surface area (Å²) in [5.74, 6) is 1.48. The van der Waals surface area contributed by atoms with Crippen molar-refractivity contribution >= 4 is 28.4 Å². The summed E-state index contributed by atoms with van der Waals surface area (Å²) in [6.45, 7) is 6.04. The number of rotatable bonds is 6. The number of para-hydroxylation sites is 1. The van der Waals surface area contributed by atoms with E-state index in [9.17, 15) is 0 Å². The monoisotopic (exact) mass is 369 g/mol. The van der Waals surface area contributed by atoms with Gasteiger partial charge in [0.1, 0.15) is 5.82 Å². The third-order valence-electron chi connectivity index (χ3n) is 4.75. The minimum atomic E-state index is 0.571. The number of anilines is 3. The molecule has 0 aliphatic heterocycles. The molecule has 0 aliphatic carbocycles. The van der Waals surface area contributed by atoms with Crippen molar-refractivity contribution in [1.29, 1.82) is 0 Å². The van der Waals surface area contributed by atoms with E-state index in [4.69, 9.17) is 9.97 Å². The van der Waals surface area contributed by atoms with Gasteiger partial charge in [-0.25, -0.2) is 4.98 Å². The predicted octanol–water partition coefficient (Wildman–Crippen LogP) is 5.28. The molecule has 4 aromatic rings. The Morgan fingerprint density at radius 1 is 0.857 bits per heavy atom. The number of nitrogens with one attached hydrogen (secondary N) is 1. The first-order valence-electron chi connectivity index (χ1n) is 9.58. The number of nitrogens with zero attached hydrogens (tertiary/aromatic N) is 4. The lowest BCUT2D eigenvalue weighted by Gasteiger charge is -2.21. The van der Waals surface area contributed by atoms with E-state index in [1.807, 2.05) is 36.4 Å². The highest BCUT2D eigenvalue weighted by molar-refractivity contribution is 5.91. The maximum atomic E-state index is 4.78. The smallest absolute Gasteiger partial charge is 0.229 e. The van der Waals surface area contributed by atoms with Crippen LogP contribution in [0.1, 0.15) is 13.8 Å². The minimum Gasteiger partial charge on any atom is -0.357 e. The fourth-order valence-electron chi connectivity index (χ4n) is 3.28. The second-order valence-electron chi connectivity index (χ2n) is 6.48. The zero-order valence-electron chi connectivity index (χ0n) is 16.1. The third kappa shape index (κ3) is 3.64. The maximum Gasteiger partial charge on any atom is 0.229 e. The molecule has 0 saturated carbocycles. The second kappa shape index (κ2) is 8.05. The Labute approximate surface area is 165 Å². The average molecular weight is 369 g/mol. The molecule has 28 heavy (non-hydrogen) atoms. The maximum absolute atomic E-state index is 4.78. The van der Waals surface area contributed by atoms with Crippen LogP contribution in [-0.4, -0.2) is 28.0 Å². The summed E-state index contributed by atoms with van der Waals surface area (Å²) in [4.78, 5) is 16.3. The number of fused-ring (bicyclic) bond motifs is 1. The molecule has 2 heterocycles. The lowest BCUT2D eigenvalue weighted by atomic mass is 10.1. The molecule has 0 spiro atoms. The van der Waals surface area contributed by atoms with Crippen LogP contribution in [0, 0.1) is 0 Å². The summed E-state index contributed by atoms with van der Waals surface area (Å²) >= 11 is 0. The van der Waals surface area contributed by atoms with Gasteiger partial charge >= 0.3 is 0 Å². The zero-order valence-corrected chi connectivity index (χ0v) is 16.1. The van der Waals surface area contributed by atoms with Crippen LogP contribution >= 0.6 is 0 Å². The first-order chi connectivity index (χ1) is 13.8. The Morgan fingerprint density at radius 3 is 2.43 bits per heavy atom. The standard InChI is InChI=1S/C23H23N5/c1-3-28(4-2)21-16-20(17-10-6-5-7-11-17)26-23(27-21)25-19-14-8-12-18-13-9-15-24-22(18)19/h5-16H,3-4H2,1-2H3,(H,25,26,27). The molecule has 140 valence electrons. The highest BCUT2D eigenvalue weighted by Crippen LogP contribution is 2.27. The Hall–Kier alpha value is -3.47. The zero-order chi connectivity index (χ0) is 19.3. The molecule has 0 amide bonds. The first-order valence-corrected chi connectivity index (χ1v) is 9.58. The normalized spacial score (nSPS) is 10.8. The van der Waals surface area contributed by atoms with Gasteiger partial charge in [0.25, 0.3) is 0 Å². The van der Waals surface area contributed by atoms with E-state index in [2.05, 4.69) is 59.4 Å². The van der Waals surface area contributed by atoms with Gasteiger partial charge in [-0.2, -0.15) is 4.98 Å². The molecular formula is C23H23N5. The molecule has 1 N–H and O–H groups in total. The van der Waals surface area contributed by atoms with Crippen molar-refractivity contribution in [2.75, 3.05) is 23.3 Å². The van der Waals surface area contributed by atoms with E-state index < -0.39 is 0 Å². The van der Waals surface area contributed by atoms with Crippen LogP contribution in [0.25, 0.3) is 22.2 Å². The van der Waals surface area contributed by atoms with Crippen molar-refractivity contribution < 1.29 is 0 Å². The van der Waals surface area contributed by atoms with E-state index in [-0.39, 0.29) is 0 Å². The molecule has 0 aliphatic rings. The number of aromatic nitrogens is 3. The van der Waals surface area contributed by atoms with Crippen LogP contribution in [-0.2, 0) is 0 Å². The van der Waals surface area contributed by atoms with Crippen LogP contribution in [0.4, 0.5) is 17.5 Å². The Balaban J connectivity index is 1.80. The van der Waals surface area contributed by atoms with E-state index >= 15 is 0 Å². The van der Waals surface area contributed by atoms with E-state index in [0.717, 1.165) is 46.8 Å². The van der Waals surface area contributed by atoms with Crippen LogP contribution in [0.5, 0.6) is 0 Å². The van der Waals surface area contributed by atoms with Crippen molar-refractivity contribution in [2.24, 2.45) is 0 Å². The van der Waals surface area contributed by atoms with E-state index in [1.54, 1.807) is 6.20 Å². The van der Waals surface area contributed by atoms with Crippen molar-refractivity contribution in [1.82, 2.24) is 15.0 Å². The average Bonchev–Trinajstić information content (AvgIpc) is 2.75. The number of hydrogen-bond acceptors (Lipinski definition) is 5. The van der Waals surface area contributed by atoms with Gasteiger partial charge in [0.05, 0.1) is 16.9 Å². The van der Waals surface area contributed by atoms with Gasteiger partial charge in [-0.3, -0.25) is 4.98 Å². The molecule has 0 radical (unpaired) electrons. The van der Waals surface area contributed by atoms with Crippen molar-refractivity contribution in [2.45, 2.75) is 13.8 Å². The van der Waals surface area contributed by atoms with Gasteiger partial charge in [-0.1, -0.05) is 48.5 Å².